The lowest BCUT2D eigenvalue weighted by molar-refractivity contribution is -0.155. The van der Waals surface area contributed by atoms with Gasteiger partial charge >= 0.3 is 5.97 Å². The molecule has 0 spiro atoms. The number of nitrogens with zero attached hydrogens (tertiary/aromatic N) is 2. The van der Waals surface area contributed by atoms with E-state index in [4.69, 9.17) is 0 Å². The maximum atomic E-state index is 13.2. The molecule has 0 bridgehead atoms. The Balaban J connectivity index is 1.48. The molecule has 0 saturated carbocycles. The molecule has 34 heavy (non-hydrogen) atoms. The number of fused-ring (bicyclic) bond motifs is 1. The standard InChI is InChI=1S/C23H24N4O7/c28-12-13-5-6-16(26-21(31)20-15-4-2-1-3-14(15)7-8-24-20)22(32)27(10-13)11-18(29)25-17-9-19(30)34-23(17)33/h1-5,7-8,16-17,23,28,33H,6,9-12H2,(H,25,29)(H,26,31)/t16-,17?,23?/m0/s1. The summed E-state index contributed by atoms with van der Waals surface area (Å²) in [5.41, 5.74) is 0.686. The molecule has 3 heterocycles. The summed E-state index contributed by atoms with van der Waals surface area (Å²) >= 11 is 0. The Hall–Kier alpha value is -3.83. The van der Waals surface area contributed by atoms with Crippen molar-refractivity contribution in [2.24, 2.45) is 0 Å². The molecule has 2 aromatic rings. The van der Waals surface area contributed by atoms with Gasteiger partial charge in [-0.3, -0.25) is 24.2 Å². The predicted molar refractivity (Wildman–Crippen MR) is 118 cm³/mol. The van der Waals surface area contributed by atoms with Crippen LogP contribution in [0.2, 0.25) is 0 Å². The number of carbonyl (C=O) groups excluding carboxylic acids is 4. The first-order valence-corrected chi connectivity index (χ1v) is 10.7. The summed E-state index contributed by atoms with van der Waals surface area (Å²) in [6, 6.07) is 7.12. The number of pyridine rings is 1. The Kier molecular flexibility index (Phi) is 6.85. The summed E-state index contributed by atoms with van der Waals surface area (Å²) in [4.78, 5) is 55.4. The summed E-state index contributed by atoms with van der Waals surface area (Å²) in [5, 5.41) is 25.9. The Labute approximate surface area is 194 Å². The van der Waals surface area contributed by atoms with Crippen molar-refractivity contribution in [3.63, 3.8) is 0 Å². The fourth-order valence-electron chi connectivity index (χ4n) is 3.98. The lowest BCUT2D eigenvalue weighted by atomic mass is 10.1. The van der Waals surface area contributed by atoms with Gasteiger partial charge in [0.25, 0.3) is 5.91 Å². The smallest absolute Gasteiger partial charge is 0.310 e. The molecule has 11 nitrogen and oxygen atoms in total. The van der Waals surface area contributed by atoms with Crippen LogP contribution in [0.5, 0.6) is 0 Å². The lowest BCUT2D eigenvalue weighted by Crippen LogP contribution is -2.52. The number of amides is 3. The second-order valence-corrected chi connectivity index (χ2v) is 8.12. The van der Waals surface area contributed by atoms with Crippen molar-refractivity contribution in [1.29, 1.82) is 0 Å². The molecule has 3 atom stereocenters. The molecular formula is C23H24N4O7. The van der Waals surface area contributed by atoms with Crippen LogP contribution in [0, 0.1) is 0 Å². The van der Waals surface area contributed by atoms with Crippen molar-refractivity contribution in [2.75, 3.05) is 19.7 Å². The van der Waals surface area contributed by atoms with E-state index in [2.05, 4.69) is 20.4 Å². The number of benzene rings is 1. The van der Waals surface area contributed by atoms with E-state index in [9.17, 15) is 29.4 Å². The molecule has 4 N–H and O–H groups in total. The van der Waals surface area contributed by atoms with E-state index in [1.54, 1.807) is 24.3 Å². The van der Waals surface area contributed by atoms with Crippen LogP contribution in [-0.2, 0) is 19.1 Å². The average molecular weight is 468 g/mol. The molecule has 0 aliphatic carbocycles. The monoisotopic (exact) mass is 468 g/mol. The van der Waals surface area contributed by atoms with Gasteiger partial charge in [-0.15, -0.1) is 0 Å². The third kappa shape index (κ3) is 5.05. The predicted octanol–water partition coefficient (Wildman–Crippen LogP) is -0.766. The van der Waals surface area contributed by atoms with E-state index in [0.29, 0.717) is 11.0 Å². The molecule has 3 amide bonds. The van der Waals surface area contributed by atoms with E-state index in [1.165, 1.54) is 11.1 Å². The minimum absolute atomic E-state index is 0.00963. The number of nitrogens with one attached hydrogen (secondary N) is 2. The largest absolute Gasteiger partial charge is 0.434 e. The Bertz CT molecular complexity index is 1160. The van der Waals surface area contributed by atoms with Crippen LogP contribution in [0.4, 0.5) is 0 Å². The molecule has 1 aromatic carbocycles. The molecule has 178 valence electrons. The zero-order valence-corrected chi connectivity index (χ0v) is 18.1. The van der Waals surface area contributed by atoms with Gasteiger partial charge in [0.2, 0.25) is 18.1 Å². The van der Waals surface area contributed by atoms with Crippen LogP contribution >= 0.6 is 0 Å². The van der Waals surface area contributed by atoms with Crippen LogP contribution in [0.3, 0.4) is 0 Å². The second-order valence-electron chi connectivity index (χ2n) is 8.12. The summed E-state index contributed by atoms with van der Waals surface area (Å²) in [5.74, 6) is -2.30. The van der Waals surface area contributed by atoms with Crippen LogP contribution in [0.25, 0.3) is 10.8 Å². The number of aromatic nitrogens is 1. The molecule has 1 saturated heterocycles. The normalized spacial score (nSPS) is 22.7. The van der Waals surface area contributed by atoms with Gasteiger partial charge in [-0.1, -0.05) is 30.3 Å². The number of rotatable bonds is 6. The maximum Gasteiger partial charge on any atom is 0.310 e. The van der Waals surface area contributed by atoms with Crippen LogP contribution in [-0.4, -0.2) is 81.9 Å². The third-order valence-corrected chi connectivity index (χ3v) is 5.71. The number of hydrogen-bond donors (Lipinski definition) is 4. The van der Waals surface area contributed by atoms with Crippen molar-refractivity contribution in [3.05, 3.63) is 53.9 Å². The minimum atomic E-state index is -1.45. The highest BCUT2D eigenvalue weighted by molar-refractivity contribution is 6.06. The molecule has 2 aliphatic rings. The number of aliphatic hydroxyl groups excluding tert-OH is 2. The summed E-state index contributed by atoms with van der Waals surface area (Å²) in [7, 11) is 0. The molecule has 11 heteroatoms. The first-order valence-electron chi connectivity index (χ1n) is 10.7. The maximum absolute atomic E-state index is 13.2. The van der Waals surface area contributed by atoms with E-state index < -0.39 is 48.6 Å². The van der Waals surface area contributed by atoms with E-state index in [-0.39, 0.29) is 31.7 Å². The zero-order chi connectivity index (χ0) is 24.2. The van der Waals surface area contributed by atoms with E-state index in [1.807, 2.05) is 12.1 Å². The van der Waals surface area contributed by atoms with Crippen molar-refractivity contribution < 1.29 is 34.1 Å². The minimum Gasteiger partial charge on any atom is -0.434 e. The molecule has 1 fully saturated rings. The van der Waals surface area contributed by atoms with Crippen LogP contribution in [0.1, 0.15) is 23.3 Å². The molecule has 2 aliphatic heterocycles. The van der Waals surface area contributed by atoms with Gasteiger partial charge in [-0.05, 0) is 23.4 Å². The van der Waals surface area contributed by atoms with Gasteiger partial charge in [0.15, 0.2) is 0 Å². The third-order valence-electron chi connectivity index (χ3n) is 5.71. The van der Waals surface area contributed by atoms with Gasteiger partial charge in [-0.25, -0.2) is 0 Å². The fraction of sp³-hybridized carbons (Fsp3) is 0.348. The van der Waals surface area contributed by atoms with E-state index >= 15 is 0 Å². The topological polar surface area (TPSA) is 158 Å². The highest BCUT2D eigenvalue weighted by atomic mass is 16.6. The first kappa shape index (κ1) is 23.3. The number of cyclic esters (lactones) is 1. The van der Waals surface area contributed by atoms with Gasteiger partial charge in [0.05, 0.1) is 19.6 Å². The van der Waals surface area contributed by atoms with Crippen molar-refractivity contribution in [3.8, 4) is 0 Å². The van der Waals surface area contributed by atoms with Gasteiger partial charge in [0.1, 0.15) is 17.8 Å². The van der Waals surface area contributed by atoms with Crippen molar-refractivity contribution in [2.45, 2.75) is 31.2 Å². The van der Waals surface area contributed by atoms with E-state index in [0.717, 1.165) is 5.39 Å². The average Bonchev–Trinajstić information content (AvgIpc) is 3.06. The molecule has 1 aromatic heterocycles. The Morgan fingerprint density at radius 1 is 1.18 bits per heavy atom. The van der Waals surface area contributed by atoms with Gasteiger partial charge in [-0.2, -0.15) is 0 Å². The van der Waals surface area contributed by atoms with Crippen molar-refractivity contribution >= 4 is 34.5 Å². The molecule has 2 unspecified atom stereocenters. The van der Waals surface area contributed by atoms with Gasteiger partial charge < -0.3 is 30.5 Å². The molecule has 4 rings (SSSR count). The Morgan fingerprint density at radius 3 is 2.71 bits per heavy atom. The SMILES string of the molecule is O=C(CN1CC(CO)=CC[C@H](NC(=O)c2nccc3ccccc23)C1=O)NC1CC(=O)OC1O. The number of esters is 1. The highest BCUT2D eigenvalue weighted by Crippen LogP contribution is 2.18. The summed E-state index contributed by atoms with van der Waals surface area (Å²) in [6.07, 6.45) is 1.67. The van der Waals surface area contributed by atoms with Gasteiger partial charge in [0, 0.05) is 18.1 Å². The Morgan fingerprint density at radius 2 is 1.97 bits per heavy atom. The molecular weight excluding hydrogens is 444 g/mol. The highest BCUT2D eigenvalue weighted by Gasteiger charge is 2.36. The number of ether oxygens (including phenoxy) is 1. The quantitative estimate of drug-likeness (QED) is 0.318. The number of carbonyl (C=O) groups is 4. The van der Waals surface area contributed by atoms with Crippen molar-refractivity contribution in [1.82, 2.24) is 20.5 Å². The first-order chi connectivity index (χ1) is 16.4. The van der Waals surface area contributed by atoms with Crippen LogP contribution in [0.15, 0.2) is 48.2 Å². The number of aliphatic hydroxyl groups is 2. The second kappa shape index (κ2) is 9.98. The van der Waals surface area contributed by atoms with Crippen LogP contribution < -0.4 is 10.6 Å². The zero-order valence-electron chi connectivity index (χ0n) is 18.1. The molecule has 0 radical (unpaired) electrons. The lowest BCUT2D eigenvalue weighted by Gasteiger charge is -2.26. The number of hydrogen-bond acceptors (Lipinski definition) is 8. The fourth-order valence-corrected chi connectivity index (χ4v) is 3.98. The summed E-state index contributed by atoms with van der Waals surface area (Å²) < 4.78 is 4.60. The summed E-state index contributed by atoms with van der Waals surface area (Å²) in [6.45, 7) is -0.725.